The summed E-state index contributed by atoms with van der Waals surface area (Å²) in [5.74, 6) is 1.04. The topological polar surface area (TPSA) is 18.5 Å². The lowest BCUT2D eigenvalue weighted by Gasteiger charge is -2.25. The van der Waals surface area contributed by atoms with Gasteiger partial charge >= 0.3 is 0 Å². The van der Waals surface area contributed by atoms with E-state index in [0.717, 1.165) is 5.75 Å². The molecular formula is C11H20O2S. The van der Waals surface area contributed by atoms with Gasteiger partial charge in [0.15, 0.2) is 0 Å². The second-order valence-electron chi connectivity index (χ2n) is 4.62. The molecule has 0 aromatic heterocycles. The van der Waals surface area contributed by atoms with Gasteiger partial charge in [-0.25, -0.2) is 0 Å². The van der Waals surface area contributed by atoms with Crippen molar-refractivity contribution in [2.24, 2.45) is 5.41 Å². The van der Waals surface area contributed by atoms with Crippen LogP contribution in [-0.4, -0.2) is 30.5 Å². The minimum atomic E-state index is 0.220. The molecule has 0 aromatic carbocycles. The Kier molecular flexibility index (Phi) is 4.48. The third-order valence-electron chi connectivity index (χ3n) is 2.00. The summed E-state index contributed by atoms with van der Waals surface area (Å²) in [6.07, 6.45) is 2.02. The van der Waals surface area contributed by atoms with E-state index in [1.165, 1.54) is 0 Å². The molecule has 14 heavy (non-hydrogen) atoms. The van der Waals surface area contributed by atoms with E-state index in [9.17, 15) is 0 Å². The van der Waals surface area contributed by atoms with Crippen LogP contribution in [0.4, 0.5) is 0 Å². The van der Waals surface area contributed by atoms with Gasteiger partial charge in [0.2, 0.25) is 0 Å². The van der Waals surface area contributed by atoms with Crippen molar-refractivity contribution in [3.05, 3.63) is 12.7 Å². The molecule has 0 radical (unpaired) electrons. The molecule has 0 N–H and O–H groups in total. The minimum Gasteiger partial charge on any atom is -0.375 e. The van der Waals surface area contributed by atoms with Crippen molar-refractivity contribution in [1.29, 1.82) is 0 Å². The molecule has 0 spiro atoms. The molecule has 0 amide bonds. The van der Waals surface area contributed by atoms with Gasteiger partial charge in [-0.15, -0.1) is 18.3 Å². The molecule has 1 heterocycles. The number of hydrogen-bond donors (Lipinski definition) is 0. The summed E-state index contributed by atoms with van der Waals surface area (Å²) in [7, 11) is 0. The van der Waals surface area contributed by atoms with Crippen molar-refractivity contribution in [2.45, 2.75) is 32.3 Å². The average Bonchev–Trinajstić information content (AvgIpc) is 2.52. The van der Waals surface area contributed by atoms with E-state index in [2.05, 4.69) is 27.4 Å². The maximum atomic E-state index is 5.88. The van der Waals surface area contributed by atoms with E-state index in [-0.39, 0.29) is 11.5 Å². The van der Waals surface area contributed by atoms with E-state index in [0.29, 0.717) is 18.6 Å². The molecule has 1 fully saturated rings. The lowest BCUT2D eigenvalue weighted by molar-refractivity contribution is -0.0288. The summed E-state index contributed by atoms with van der Waals surface area (Å²) < 4.78 is 11.2. The Morgan fingerprint density at radius 1 is 1.57 bits per heavy atom. The molecule has 1 aliphatic heterocycles. The quantitative estimate of drug-likeness (QED) is 0.532. The highest BCUT2D eigenvalue weighted by Crippen LogP contribution is 2.37. The SMILES string of the molecule is C=CCOC[C@H]1CS[C@@H](C(C)(C)C)O1. The molecule has 1 aliphatic rings. The average molecular weight is 216 g/mol. The highest BCUT2D eigenvalue weighted by Gasteiger charge is 2.34. The Morgan fingerprint density at radius 2 is 2.29 bits per heavy atom. The zero-order valence-corrected chi connectivity index (χ0v) is 10.1. The molecule has 0 aliphatic carbocycles. The van der Waals surface area contributed by atoms with Gasteiger partial charge < -0.3 is 9.47 Å². The summed E-state index contributed by atoms with van der Waals surface area (Å²) in [5.41, 5.74) is 0.525. The Labute approximate surface area is 91.0 Å². The first-order chi connectivity index (χ1) is 6.54. The highest BCUT2D eigenvalue weighted by molar-refractivity contribution is 8.00. The van der Waals surface area contributed by atoms with E-state index in [1.807, 2.05) is 11.8 Å². The fourth-order valence-electron chi connectivity index (χ4n) is 1.27. The van der Waals surface area contributed by atoms with Crippen LogP contribution in [-0.2, 0) is 9.47 Å². The normalized spacial score (nSPS) is 27.9. The van der Waals surface area contributed by atoms with Crippen molar-refractivity contribution in [2.75, 3.05) is 19.0 Å². The Balaban J connectivity index is 2.24. The fraction of sp³-hybridized carbons (Fsp3) is 0.818. The molecule has 0 aromatic rings. The molecule has 0 bridgehead atoms. The van der Waals surface area contributed by atoms with Gasteiger partial charge in [0.05, 0.1) is 19.3 Å². The van der Waals surface area contributed by atoms with Crippen molar-refractivity contribution >= 4 is 11.8 Å². The number of thioether (sulfide) groups is 1. The van der Waals surface area contributed by atoms with Crippen LogP contribution in [0.3, 0.4) is 0 Å². The maximum absolute atomic E-state index is 5.88. The van der Waals surface area contributed by atoms with Crippen molar-refractivity contribution < 1.29 is 9.47 Å². The van der Waals surface area contributed by atoms with Crippen LogP contribution in [0.25, 0.3) is 0 Å². The fourth-order valence-corrected chi connectivity index (χ4v) is 2.57. The van der Waals surface area contributed by atoms with Crippen molar-refractivity contribution in [1.82, 2.24) is 0 Å². The number of hydrogen-bond acceptors (Lipinski definition) is 3. The minimum absolute atomic E-state index is 0.220. The summed E-state index contributed by atoms with van der Waals surface area (Å²) in [4.78, 5) is 0. The first-order valence-corrected chi connectivity index (χ1v) is 6.04. The van der Waals surface area contributed by atoms with Gasteiger partial charge in [0, 0.05) is 5.75 Å². The predicted octanol–water partition coefficient (Wildman–Crippen LogP) is 2.69. The summed E-state index contributed by atoms with van der Waals surface area (Å²) in [6, 6.07) is 0. The summed E-state index contributed by atoms with van der Waals surface area (Å²) in [5, 5.41) is 0. The van der Waals surface area contributed by atoms with Gasteiger partial charge in [0.25, 0.3) is 0 Å². The third kappa shape index (κ3) is 3.64. The predicted molar refractivity (Wildman–Crippen MR) is 61.6 cm³/mol. The number of rotatable bonds is 4. The molecule has 2 atom stereocenters. The Morgan fingerprint density at radius 3 is 2.79 bits per heavy atom. The van der Waals surface area contributed by atoms with Crippen molar-refractivity contribution in [3.63, 3.8) is 0 Å². The van der Waals surface area contributed by atoms with E-state index in [1.54, 1.807) is 6.08 Å². The standard InChI is InChI=1S/C11H20O2S/c1-5-6-12-7-9-8-14-10(13-9)11(2,3)4/h5,9-10H,1,6-8H2,2-4H3/t9-,10-/m0/s1. The van der Waals surface area contributed by atoms with Gasteiger partial charge in [-0.05, 0) is 5.41 Å². The monoisotopic (exact) mass is 216 g/mol. The third-order valence-corrected chi connectivity index (χ3v) is 3.68. The molecule has 1 saturated heterocycles. The van der Waals surface area contributed by atoms with Crippen LogP contribution in [0, 0.1) is 5.41 Å². The molecule has 3 heteroatoms. The smallest absolute Gasteiger partial charge is 0.108 e. The zero-order valence-electron chi connectivity index (χ0n) is 9.29. The van der Waals surface area contributed by atoms with Crippen LogP contribution in [0.5, 0.6) is 0 Å². The van der Waals surface area contributed by atoms with E-state index in [4.69, 9.17) is 9.47 Å². The van der Waals surface area contributed by atoms with Gasteiger partial charge in [-0.3, -0.25) is 0 Å². The van der Waals surface area contributed by atoms with Crippen LogP contribution >= 0.6 is 11.8 Å². The number of ether oxygens (including phenoxy) is 2. The van der Waals surface area contributed by atoms with Crippen LogP contribution in [0.2, 0.25) is 0 Å². The molecule has 1 rings (SSSR count). The van der Waals surface area contributed by atoms with Crippen LogP contribution in [0.15, 0.2) is 12.7 Å². The second kappa shape index (κ2) is 5.19. The van der Waals surface area contributed by atoms with Crippen LogP contribution < -0.4 is 0 Å². The summed E-state index contributed by atoms with van der Waals surface area (Å²) >= 11 is 1.89. The molecule has 0 saturated carbocycles. The maximum Gasteiger partial charge on any atom is 0.108 e. The van der Waals surface area contributed by atoms with Crippen molar-refractivity contribution in [3.8, 4) is 0 Å². The summed E-state index contributed by atoms with van der Waals surface area (Å²) in [6.45, 7) is 11.5. The van der Waals surface area contributed by atoms with Gasteiger partial charge in [-0.2, -0.15) is 0 Å². The van der Waals surface area contributed by atoms with E-state index < -0.39 is 0 Å². The second-order valence-corrected chi connectivity index (χ2v) is 5.71. The lowest BCUT2D eigenvalue weighted by Crippen LogP contribution is -2.26. The lowest BCUT2D eigenvalue weighted by atomic mass is 9.98. The zero-order chi connectivity index (χ0) is 10.6. The Bertz CT molecular complexity index is 186. The molecule has 0 unspecified atom stereocenters. The van der Waals surface area contributed by atoms with Gasteiger partial charge in [0.1, 0.15) is 5.44 Å². The molecule has 2 nitrogen and oxygen atoms in total. The largest absolute Gasteiger partial charge is 0.375 e. The first-order valence-electron chi connectivity index (χ1n) is 4.99. The molecular weight excluding hydrogens is 196 g/mol. The first kappa shape index (κ1) is 12.1. The van der Waals surface area contributed by atoms with Gasteiger partial charge in [-0.1, -0.05) is 26.8 Å². The molecule has 82 valence electrons. The Hall–Kier alpha value is 0.01000. The van der Waals surface area contributed by atoms with E-state index >= 15 is 0 Å². The highest BCUT2D eigenvalue weighted by atomic mass is 32.2. The van der Waals surface area contributed by atoms with Crippen LogP contribution in [0.1, 0.15) is 20.8 Å².